The largest absolute Gasteiger partial charge is 0.494 e. The molecule has 176 valence electrons. The van der Waals surface area contributed by atoms with Gasteiger partial charge in [-0.25, -0.2) is 0 Å². The molecule has 0 aliphatic heterocycles. The Morgan fingerprint density at radius 2 is 1.44 bits per heavy atom. The average Bonchev–Trinajstić information content (AvgIpc) is 2.84. The van der Waals surface area contributed by atoms with E-state index >= 15 is 0 Å². The summed E-state index contributed by atoms with van der Waals surface area (Å²) in [6.45, 7) is 5.28. The van der Waals surface area contributed by atoms with E-state index in [1.165, 1.54) is 77.0 Å². The Kier molecular flexibility index (Phi) is 11.0. The van der Waals surface area contributed by atoms with Gasteiger partial charge in [0.05, 0.1) is 24.2 Å². The fourth-order valence-corrected chi connectivity index (χ4v) is 5.02. The molecule has 1 saturated carbocycles. The number of benzene rings is 1. The number of hydrogen-bond donors (Lipinski definition) is 0. The first-order valence-corrected chi connectivity index (χ1v) is 13.3. The van der Waals surface area contributed by atoms with Crippen molar-refractivity contribution in [2.75, 3.05) is 6.61 Å². The van der Waals surface area contributed by atoms with E-state index in [4.69, 9.17) is 4.74 Å². The molecule has 1 aromatic carbocycles. The maximum Gasteiger partial charge on any atom is 0.119 e. The summed E-state index contributed by atoms with van der Waals surface area (Å²) in [5, 5.41) is 0. The minimum absolute atomic E-state index is 0.822. The van der Waals surface area contributed by atoms with Crippen LogP contribution in [0.4, 0.5) is 0 Å². The molecule has 1 aromatic heterocycles. The lowest BCUT2D eigenvalue weighted by molar-refractivity contribution is 0.228. The lowest BCUT2D eigenvalue weighted by atomic mass is 9.78. The second-order valence-electron chi connectivity index (χ2n) is 9.75. The van der Waals surface area contributed by atoms with E-state index in [1.807, 2.05) is 12.4 Å². The molecule has 1 heterocycles. The lowest BCUT2D eigenvalue weighted by Crippen LogP contribution is -2.15. The van der Waals surface area contributed by atoms with Crippen LogP contribution in [0.25, 0.3) is 11.3 Å². The van der Waals surface area contributed by atoms with Crippen molar-refractivity contribution in [3.8, 4) is 17.0 Å². The Morgan fingerprint density at radius 1 is 0.750 bits per heavy atom. The molecule has 0 saturated heterocycles. The molecule has 0 N–H and O–H groups in total. The molecule has 2 aromatic rings. The van der Waals surface area contributed by atoms with Crippen LogP contribution in [0.5, 0.6) is 5.75 Å². The Labute approximate surface area is 196 Å². The summed E-state index contributed by atoms with van der Waals surface area (Å²) >= 11 is 0. The molecule has 32 heavy (non-hydrogen) atoms. The Balaban J connectivity index is 1.28. The topological polar surface area (TPSA) is 35.0 Å². The van der Waals surface area contributed by atoms with Crippen LogP contribution in [0, 0.1) is 11.8 Å². The van der Waals surface area contributed by atoms with E-state index < -0.39 is 0 Å². The summed E-state index contributed by atoms with van der Waals surface area (Å²) in [6.07, 6.45) is 22.7. The van der Waals surface area contributed by atoms with Crippen molar-refractivity contribution >= 4 is 0 Å². The van der Waals surface area contributed by atoms with Crippen LogP contribution < -0.4 is 4.74 Å². The number of hydrogen-bond acceptors (Lipinski definition) is 3. The summed E-state index contributed by atoms with van der Waals surface area (Å²) in [5.74, 6) is 2.89. The standard InChI is InChI=1S/C29H44N2O/c1-3-5-6-7-8-11-24-13-15-25(16-14-24)12-9-21-32-28-19-17-26(18-20-28)29-23-30-27(10-4-2)22-31-29/h17-20,22-25H,3-16,21H2,1-2H3. The van der Waals surface area contributed by atoms with Crippen LogP contribution in [0.2, 0.25) is 0 Å². The predicted octanol–water partition coefficient (Wildman–Crippen LogP) is 8.42. The number of ether oxygens (including phenoxy) is 1. The third-order valence-corrected chi connectivity index (χ3v) is 7.07. The van der Waals surface area contributed by atoms with Crippen molar-refractivity contribution in [2.24, 2.45) is 11.8 Å². The molecule has 0 bridgehead atoms. The lowest BCUT2D eigenvalue weighted by Gasteiger charge is -2.28. The van der Waals surface area contributed by atoms with Crippen molar-refractivity contribution in [1.29, 1.82) is 0 Å². The molecule has 0 radical (unpaired) electrons. The summed E-state index contributed by atoms with van der Waals surface area (Å²) in [4.78, 5) is 9.06. The summed E-state index contributed by atoms with van der Waals surface area (Å²) in [6, 6.07) is 8.29. The highest BCUT2D eigenvalue weighted by Gasteiger charge is 2.20. The Hall–Kier alpha value is -1.90. The number of aryl methyl sites for hydroxylation is 1. The first-order chi connectivity index (χ1) is 15.8. The van der Waals surface area contributed by atoms with Gasteiger partial charge in [0, 0.05) is 11.8 Å². The molecule has 0 amide bonds. The third-order valence-electron chi connectivity index (χ3n) is 7.07. The monoisotopic (exact) mass is 436 g/mol. The van der Waals surface area contributed by atoms with E-state index in [1.54, 1.807) is 0 Å². The van der Waals surface area contributed by atoms with Gasteiger partial charge in [0.25, 0.3) is 0 Å². The molecule has 3 nitrogen and oxygen atoms in total. The second kappa shape index (κ2) is 14.3. The van der Waals surface area contributed by atoms with E-state index in [0.29, 0.717) is 0 Å². The van der Waals surface area contributed by atoms with Crippen LogP contribution in [-0.4, -0.2) is 16.6 Å². The number of rotatable bonds is 14. The number of aromatic nitrogens is 2. The van der Waals surface area contributed by atoms with Crippen LogP contribution in [-0.2, 0) is 6.42 Å². The van der Waals surface area contributed by atoms with E-state index in [0.717, 1.165) is 54.0 Å². The number of unbranched alkanes of at least 4 members (excludes halogenated alkanes) is 4. The molecule has 1 aliphatic carbocycles. The fraction of sp³-hybridized carbons (Fsp3) is 0.655. The first kappa shape index (κ1) is 24.7. The SMILES string of the molecule is CCCCCCCC1CCC(CCCOc2ccc(-c3cnc(CCC)cn3)cc2)CC1. The van der Waals surface area contributed by atoms with Gasteiger partial charge in [-0.05, 0) is 55.4 Å². The maximum absolute atomic E-state index is 6.01. The Morgan fingerprint density at radius 3 is 2.06 bits per heavy atom. The second-order valence-corrected chi connectivity index (χ2v) is 9.75. The molecule has 1 fully saturated rings. The fourth-order valence-electron chi connectivity index (χ4n) is 5.02. The maximum atomic E-state index is 6.01. The summed E-state index contributed by atoms with van der Waals surface area (Å²) < 4.78 is 6.01. The van der Waals surface area contributed by atoms with Crippen LogP contribution in [0.1, 0.15) is 103 Å². The van der Waals surface area contributed by atoms with E-state index in [-0.39, 0.29) is 0 Å². The highest BCUT2D eigenvalue weighted by Crippen LogP contribution is 2.34. The van der Waals surface area contributed by atoms with Gasteiger partial charge in [-0.3, -0.25) is 9.97 Å². The molecular formula is C29H44N2O. The molecule has 0 unspecified atom stereocenters. The van der Waals surface area contributed by atoms with Gasteiger partial charge in [0.2, 0.25) is 0 Å². The van der Waals surface area contributed by atoms with Crippen molar-refractivity contribution in [1.82, 2.24) is 9.97 Å². The van der Waals surface area contributed by atoms with Crippen molar-refractivity contribution in [3.63, 3.8) is 0 Å². The van der Waals surface area contributed by atoms with Gasteiger partial charge in [-0.15, -0.1) is 0 Å². The van der Waals surface area contributed by atoms with Gasteiger partial charge in [-0.2, -0.15) is 0 Å². The minimum atomic E-state index is 0.822. The highest BCUT2D eigenvalue weighted by atomic mass is 16.5. The van der Waals surface area contributed by atoms with Crippen molar-refractivity contribution < 1.29 is 4.74 Å². The Bertz CT molecular complexity index is 733. The van der Waals surface area contributed by atoms with Crippen LogP contribution in [0.15, 0.2) is 36.7 Å². The normalized spacial score (nSPS) is 18.6. The summed E-state index contributed by atoms with van der Waals surface area (Å²) in [7, 11) is 0. The van der Waals surface area contributed by atoms with Gasteiger partial charge in [0.15, 0.2) is 0 Å². The minimum Gasteiger partial charge on any atom is -0.494 e. The molecule has 1 aliphatic rings. The number of nitrogens with zero attached hydrogens (tertiary/aromatic N) is 2. The van der Waals surface area contributed by atoms with Gasteiger partial charge >= 0.3 is 0 Å². The highest BCUT2D eigenvalue weighted by molar-refractivity contribution is 5.58. The van der Waals surface area contributed by atoms with Crippen molar-refractivity contribution in [3.05, 3.63) is 42.4 Å². The van der Waals surface area contributed by atoms with Gasteiger partial charge in [0.1, 0.15) is 5.75 Å². The molecular weight excluding hydrogens is 392 g/mol. The van der Waals surface area contributed by atoms with Crippen LogP contribution in [0.3, 0.4) is 0 Å². The molecule has 3 rings (SSSR count). The van der Waals surface area contributed by atoms with E-state index in [9.17, 15) is 0 Å². The zero-order valence-corrected chi connectivity index (χ0v) is 20.5. The zero-order chi connectivity index (χ0) is 22.4. The average molecular weight is 437 g/mol. The first-order valence-electron chi connectivity index (χ1n) is 13.3. The van der Waals surface area contributed by atoms with Gasteiger partial charge < -0.3 is 4.74 Å². The predicted molar refractivity (Wildman–Crippen MR) is 135 cm³/mol. The van der Waals surface area contributed by atoms with E-state index in [2.05, 4.69) is 48.1 Å². The smallest absolute Gasteiger partial charge is 0.119 e. The summed E-state index contributed by atoms with van der Waals surface area (Å²) in [5.41, 5.74) is 3.08. The van der Waals surface area contributed by atoms with Crippen LogP contribution >= 0.6 is 0 Å². The van der Waals surface area contributed by atoms with Crippen molar-refractivity contribution in [2.45, 2.75) is 104 Å². The quantitative estimate of drug-likeness (QED) is 0.279. The molecule has 0 atom stereocenters. The van der Waals surface area contributed by atoms with Gasteiger partial charge in [-0.1, -0.05) is 84.5 Å². The molecule has 3 heteroatoms. The third kappa shape index (κ3) is 8.56. The molecule has 0 spiro atoms. The zero-order valence-electron chi connectivity index (χ0n) is 20.5.